The summed E-state index contributed by atoms with van der Waals surface area (Å²) >= 11 is 0. The van der Waals surface area contributed by atoms with Gasteiger partial charge in [0.1, 0.15) is 5.75 Å². The van der Waals surface area contributed by atoms with Gasteiger partial charge in [-0.3, -0.25) is 4.68 Å². The van der Waals surface area contributed by atoms with E-state index in [2.05, 4.69) is 24.3 Å². The zero-order valence-electron chi connectivity index (χ0n) is 10.1. The number of nitrogens with zero attached hydrogens (tertiary/aromatic N) is 2. The first kappa shape index (κ1) is 11.5. The summed E-state index contributed by atoms with van der Waals surface area (Å²) in [6.07, 6.45) is 3.81. The van der Waals surface area contributed by atoms with Crippen molar-refractivity contribution in [2.75, 3.05) is 5.32 Å². The highest BCUT2D eigenvalue weighted by Gasteiger charge is 2.01. The van der Waals surface area contributed by atoms with Crippen LogP contribution in [-0.4, -0.2) is 14.9 Å². The molecule has 0 bridgehead atoms. The van der Waals surface area contributed by atoms with E-state index in [0.29, 0.717) is 11.8 Å². The van der Waals surface area contributed by atoms with Gasteiger partial charge < -0.3 is 10.4 Å². The van der Waals surface area contributed by atoms with Crippen LogP contribution < -0.4 is 5.32 Å². The number of phenolic OH excluding ortho intramolecular Hbond substituents is 1. The average molecular weight is 231 g/mol. The molecule has 0 spiro atoms. The fourth-order valence-corrected chi connectivity index (χ4v) is 1.53. The Hall–Kier alpha value is -1.97. The summed E-state index contributed by atoms with van der Waals surface area (Å²) in [5.41, 5.74) is 2.13. The molecular weight excluding hydrogens is 214 g/mol. The monoisotopic (exact) mass is 231 g/mol. The minimum atomic E-state index is 0.293. The van der Waals surface area contributed by atoms with E-state index in [1.807, 2.05) is 29.2 Å². The van der Waals surface area contributed by atoms with Crippen LogP contribution in [0.15, 0.2) is 36.7 Å². The Balaban J connectivity index is 1.95. The number of anilines is 1. The highest BCUT2D eigenvalue weighted by atomic mass is 16.3. The third-order valence-corrected chi connectivity index (χ3v) is 2.56. The molecule has 2 rings (SSSR count). The van der Waals surface area contributed by atoms with Gasteiger partial charge in [0.2, 0.25) is 0 Å². The zero-order valence-corrected chi connectivity index (χ0v) is 10.1. The molecule has 2 N–H and O–H groups in total. The predicted molar refractivity (Wildman–Crippen MR) is 68.0 cm³/mol. The molecule has 4 heteroatoms. The predicted octanol–water partition coefficient (Wildman–Crippen LogP) is 2.78. The van der Waals surface area contributed by atoms with Crippen LogP contribution in [-0.2, 0) is 6.54 Å². The summed E-state index contributed by atoms with van der Waals surface area (Å²) < 4.78 is 1.92. The van der Waals surface area contributed by atoms with Crippen LogP contribution in [0.2, 0.25) is 0 Å². The maximum atomic E-state index is 9.17. The topological polar surface area (TPSA) is 50.1 Å². The first-order chi connectivity index (χ1) is 8.15. The third kappa shape index (κ3) is 3.00. The Morgan fingerprint density at radius 3 is 2.59 bits per heavy atom. The second-order valence-corrected chi connectivity index (χ2v) is 4.32. The summed E-state index contributed by atoms with van der Waals surface area (Å²) in [7, 11) is 0. The summed E-state index contributed by atoms with van der Waals surface area (Å²) in [6, 6.07) is 7.55. The van der Waals surface area contributed by atoms with Gasteiger partial charge >= 0.3 is 0 Å². The van der Waals surface area contributed by atoms with Gasteiger partial charge in [0.15, 0.2) is 0 Å². The van der Waals surface area contributed by atoms with E-state index in [1.54, 1.807) is 12.1 Å². The second kappa shape index (κ2) is 4.91. The van der Waals surface area contributed by atoms with Crippen LogP contribution in [0.5, 0.6) is 5.75 Å². The molecule has 2 aromatic rings. The highest BCUT2D eigenvalue weighted by molar-refractivity contribution is 5.39. The standard InChI is InChI=1S/C13H17N3O/c1-10(2)16-9-12(8-15-16)14-7-11-3-5-13(17)6-4-11/h3-6,8-10,14,17H,7H2,1-2H3. The molecule has 17 heavy (non-hydrogen) atoms. The van der Waals surface area contributed by atoms with Crippen LogP contribution >= 0.6 is 0 Å². The first-order valence-corrected chi connectivity index (χ1v) is 5.71. The van der Waals surface area contributed by atoms with E-state index in [1.165, 1.54) is 0 Å². The molecule has 0 saturated carbocycles. The molecule has 0 fully saturated rings. The summed E-state index contributed by atoms with van der Waals surface area (Å²) in [5.74, 6) is 0.293. The Morgan fingerprint density at radius 2 is 2.00 bits per heavy atom. The van der Waals surface area contributed by atoms with Gasteiger partial charge in [-0.1, -0.05) is 12.1 Å². The molecule has 1 heterocycles. The Bertz CT molecular complexity index is 474. The number of benzene rings is 1. The van der Waals surface area contributed by atoms with E-state index in [4.69, 9.17) is 0 Å². The van der Waals surface area contributed by atoms with Gasteiger partial charge in [0.05, 0.1) is 11.9 Å². The smallest absolute Gasteiger partial charge is 0.115 e. The van der Waals surface area contributed by atoms with Gasteiger partial charge in [0.25, 0.3) is 0 Å². The lowest BCUT2D eigenvalue weighted by Gasteiger charge is -2.05. The molecule has 1 aromatic heterocycles. The van der Waals surface area contributed by atoms with Crippen molar-refractivity contribution >= 4 is 5.69 Å². The van der Waals surface area contributed by atoms with Gasteiger partial charge in [0, 0.05) is 18.8 Å². The number of nitrogens with one attached hydrogen (secondary N) is 1. The number of aromatic nitrogens is 2. The minimum absolute atomic E-state index is 0.293. The van der Waals surface area contributed by atoms with Crippen molar-refractivity contribution in [1.29, 1.82) is 0 Å². The van der Waals surface area contributed by atoms with Crippen molar-refractivity contribution in [3.8, 4) is 5.75 Å². The van der Waals surface area contributed by atoms with Crippen molar-refractivity contribution in [2.24, 2.45) is 0 Å². The molecule has 90 valence electrons. The molecule has 0 aliphatic rings. The molecule has 0 atom stereocenters. The third-order valence-electron chi connectivity index (χ3n) is 2.56. The quantitative estimate of drug-likeness (QED) is 0.850. The second-order valence-electron chi connectivity index (χ2n) is 4.32. The van der Waals surface area contributed by atoms with Crippen LogP contribution in [0.1, 0.15) is 25.5 Å². The SMILES string of the molecule is CC(C)n1cc(NCc2ccc(O)cc2)cn1. The molecule has 0 radical (unpaired) electrons. The maximum Gasteiger partial charge on any atom is 0.115 e. The van der Waals surface area contributed by atoms with E-state index >= 15 is 0 Å². The normalized spacial score (nSPS) is 10.8. The van der Waals surface area contributed by atoms with Gasteiger partial charge in [-0.25, -0.2) is 0 Å². The van der Waals surface area contributed by atoms with Crippen molar-refractivity contribution in [3.05, 3.63) is 42.2 Å². The van der Waals surface area contributed by atoms with E-state index < -0.39 is 0 Å². The van der Waals surface area contributed by atoms with Gasteiger partial charge in [-0.05, 0) is 31.5 Å². The fraction of sp³-hybridized carbons (Fsp3) is 0.308. The molecular formula is C13H17N3O. The van der Waals surface area contributed by atoms with E-state index in [-0.39, 0.29) is 0 Å². The lowest BCUT2D eigenvalue weighted by Crippen LogP contribution is -2.01. The lowest BCUT2D eigenvalue weighted by molar-refractivity contribution is 0.475. The van der Waals surface area contributed by atoms with Crippen molar-refractivity contribution in [3.63, 3.8) is 0 Å². The summed E-state index contributed by atoms with van der Waals surface area (Å²) in [5, 5.41) is 16.7. The van der Waals surface area contributed by atoms with Crippen LogP contribution in [0.3, 0.4) is 0 Å². The largest absolute Gasteiger partial charge is 0.508 e. The van der Waals surface area contributed by atoms with Crippen LogP contribution in [0, 0.1) is 0 Å². The lowest BCUT2D eigenvalue weighted by atomic mass is 10.2. The van der Waals surface area contributed by atoms with Crippen molar-refractivity contribution in [1.82, 2.24) is 9.78 Å². The molecule has 0 amide bonds. The average Bonchev–Trinajstić information content (AvgIpc) is 2.77. The number of rotatable bonds is 4. The molecule has 1 aromatic carbocycles. The minimum Gasteiger partial charge on any atom is -0.508 e. The molecule has 0 aliphatic carbocycles. The van der Waals surface area contributed by atoms with Crippen LogP contribution in [0.25, 0.3) is 0 Å². The molecule has 4 nitrogen and oxygen atoms in total. The Kier molecular flexibility index (Phi) is 3.32. The summed E-state index contributed by atoms with van der Waals surface area (Å²) in [6.45, 7) is 4.91. The fourth-order valence-electron chi connectivity index (χ4n) is 1.53. The van der Waals surface area contributed by atoms with Crippen molar-refractivity contribution in [2.45, 2.75) is 26.4 Å². The zero-order chi connectivity index (χ0) is 12.3. The first-order valence-electron chi connectivity index (χ1n) is 5.71. The molecule has 0 unspecified atom stereocenters. The Morgan fingerprint density at radius 1 is 1.29 bits per heavy atom. The maximum absolute atomic E-state index is 9.17. The van der Waals surface area contributed by atoms with Crippen molar-refractivity contribution < 1.29 is 5.11 Å². The number of phenols is 1. The van der Waals surface area contributed by atoms with E-state index in [0.717, 1.165) is 17.8 Å². The molecule has 0 aliphatic heterocycles. The number of hydrogen-bond acceptors (Lipinski definition) is 3. The number of hydrogen-bond donors (Lipinski definition) is 2. The summed E-state index contributed by atoms with van der Waals surface area (Å²) in [4.78, 5) is 0. The van der Waals surface area contributed by atoms with Gasteiger partial charge in [-0.15, -0.1) is 0 Å². The van der Waals surface area contributed by atoms with Crippen LogP contribution in [0.4, 0.5) is 5.69 Å². The van der Waals surface area contributed by atoms with E-state index in [9.17, 15) is 5.11 Å². The highest BCUT2D eigenvalue weighted by Crippen LogP contribution is 2.13. The van der Waals surface area contributed by atoms with Gasteiger partial charge in [-0.2, -0.15) is 5.10 Å². The molecule has 0 saturated heterocycles. The number of aromatic hydroxyl groups is 1. The Labute approximate surface area is 101 Å².